The van der Waals surface area contributed by atoms with E-state index < -0.39 is 17.6 Å². The zero-order valence-corrected chi connectivity index (χ0v) is 17.8. The van der Waals surface area contributed by atoms with Crippen LogP contribution in [0.25, 0.3) is 11.3 Å². The van der Waals surface area contributed by atoms with E-state index in [1.807, 2.05) is 12.1 Å². The number of nitriles is 1. The number of halogens is 1. The van der Waals surface area contributed by atoms with Gasteiger partial charge in [-0.15, -0.1) is 0 Å². The number of hydrogen-bond donors (Lipinski definition) is 3. The molecule has 3 N–H and O–H groups in total. The van der Waals surface area contributed by atoms with Crippen molar-refractivity contribution >= 4 is 34.1 Å². The number of nitrogens with zero attached hydrogens (tertiary/aromatic N) is 3. The van der Waals surface area contributed by atoms with Gasteiger partial charge in [0.05, 0.1) is 11.9 Å². The molecule has 3 rings (SSSR count). The number of hydrazone groups is 1. The van der Waals surface area contributed by atoms with E-state index in [-0.39, 0.29) is 17.2 Å². The lowest BCUT2D eigenvalue weighted by Gasteiger charge is -2.13. The number of aliphatic carboxylic acids is 1. The molecule has 0 saturated carbocycles. The van der Waals surface area contributed by atoms with E-state index in [4.69, 9.17) is 9.84 Å². The van der Waals surface area contributed by atoms with E-state index in [0.717, 1.165) is 4.47 Å². The summed E-state index contributed by atoms with van der Waals surface area (Å²) in [6, 6.07) is 15.7. The second-order valence-corrected chi connectivity index (χ2v) is 7.18. The minimum absolute atomic E-state index is 0.0375. The topological polar surface area (TPSA) is 140 Å². The van der Waals surface area contributed by atoms with Gasteiger partial charge >= 0.3 is 5.97 Å². The standard InChI is InChI=1S/C21H16BrN5O4/c1-12(20(29)30)31-17-8-7-15(22)9-14(17)11-24-27-21-25-18(13-5-3-2-4-6-13)16(10-23)19(28)26-21/h2-9,11-12H,1H3,(H,29,30)(H2,25,26,27,28). The van der Waals surface area contributed by atoms with Crippen molar-refractivity contribution in [3.05, 3.63) is 74.5 Å². The Morgan fingerprint density at radius 2 is 2.10 bits per heavy atom. The van der Waals surface area contributed by atoms with Crippen LogP contribution < -0.4 is 15.7 Å². The number of H-pyrrole nitrogens is 1. The molecule has 1 atom stereocenters. The van der Waals surface area contributed by atoms with Crippen LogP contribution in [-0.2, 0) is 4.79 Å². The second kappa shape index (κ2) is 9.69. The van der Waals surface area contributed by atoms with Gasteiger partial charge in [-0.25, -0.2) is 15.2 Å². The minimum atomic E-state index is -1.10. The molecule has 0 aliphatic heterocycles. The van der Waals surface area contributed by atoms with Crippen molar-refractivity contribution in [2.24, 2.45) is 5.10 Å². The smallest absolute Gasteiger partial charge is 0.344 e. The molecule has 0 amide bonds. The Kier molecular flexibility index (Phi) is 6.79. The summed E-state index contributed by atoms with van der Waals surface area (Å²) in [7, 11) is 0. The van der Waals surface area contributed by atoms with E-state index in [0.29, 0.717) is 16.9 Å². The number of rotatable bonds is 7. The Morgan fingerprint density at radius 3 is 2.77 bits per heavy atom. The molecule has 1 heterocycles. The molecular formula is C21H16BrN5O4. The summed E-state index contributed by atoms with van der Waals surface area (Å²) in [5.41, 5.74) is 3.25. The first-order valence-corrected chi connectivity index (χ1v) is 9.76. The third kappa shape index (κ3) is 5.34. The fourth-order valence-corrected chi connectivity index (χ4v) is 2.94. The molecule has 0 aliphatic rings. The maximum absolute atomic E-state index is 12.3. The average Bonchev–Trinajstić information content (AvgIpc) is 2.75. The van der Waals surface area contributed by atoms with Crippen LogP contribution in [0, 0.1) is 11.3 Å². The first-order chi connectivity index (χ1) is 14.9. The predicted octanol–water partition coefficient (Wildman–Crippen LogP) is 3.37. The van der Waals surface area contributed by atoms with Gasteiger partial charge in [0.15, 0.2) is 6.10 Å². The molecule has 0 fully saturated rings. The maximum Gasteiger partial charge on any atom is 0.344 e. The van der Waals surface area contributed by atoms with Crippen LogP contribution in [0.3, 0.4) is 0 Å². The molecule has 156 valence electrons. The number of carbonyl (C=O) groups is 1. The third-order valence-electron chi connectivity index (χ3n) is 4.08. The van der Waals surface area contributed by atoms with Crippen LogP contribution in [0.2, 0.25) is 0 Å². The van der Waals surface area contributed by atoms with Gasteiger partial charge < -0.3 is 9.84 Å². The van der Waals surface area contributed by atoms with Gasteiger partial charge in [0, 0.05) is 15.6 Å². The van der Waals surface area contributed by atoms with E-state index in [1.54, 1.807) is 42.5 Å². The minimum Gasteiger partial charge on any atom is -0.479 e. The van der Waals surface area contributed by atoms with Crippen LogP contribution in [0.4, 0.5) is 5.95 Å². The number of ether oxygens (including phenoxy) is 1. The third-order valence-corrected chi connectivity index (χ3v) is 4.57. The lowest BCUT2D eigenvalue weighted by atomic mass is 10.1. The van der Waals surface area contributed by atoms with Crippen molar-refractivity contribution in [3.63, 3.8) is 0 Å². The lowest BCUT2D eigenvalue weighted by molar-refractivity contribution is -0.144. The van der Waals surface area contributed by atoms with Gasteiger partial charge in [0.1, 0.15) is 17.4 Å². The van der Waals surface area contributed by atoms with Crippen LogP contribution in [0.1, 0.15) is 18.1 Å². The molecule has 0 aliphatic carbocycles. The summed E-state index contributed by atoms with van der Waals surface area (Å²) in [5, 5.41) is 22.4. The molecular weight excluding hydrogens is 466 g/mol. The summed E-state index contributed by atoms with van der Waals surface area (Å²) in [4.78, 5) is 30.1. The molecule has 10 heteroatoms. The zero-order chi connectivity index (χ0) is 22.4. The summed E-state index contributed by atoms with van der Waals surface area (Å²) in [6.07, 6.45) is 0.348. The molecule has 3 aromatic rings. The van der Waals surface area contributed by atoms with Crippen molar-refractivity contribution in [2.75, 3.05) is 5.43 Å². The number of nitrogens with one attached hydrogen (secondary N) is 2. The second-order valence-electron chi connectivity index (χ2n) is 6.27. The van der Waals surface area contributed by atoms with Crippen LogP contribution in [0.15, 0.2) is 62.9 Å². The summed E-state index contributed by atoms with van der Waals surface area (Å²) in [5.74, 6) is -0.748. The molecule has 31 heavy (non-hydrogen) atoms. The first-order valence-electron chi connectivity index (χ1n) is 8.97. The predicted molar refractivity (Wildman–Crippen MR) is 118 cm³/mol. The van der Waals surface area contributed by atoms with E-state index in [1.165, 1.54) is 13.1 Å². The van der Waals surface area contributed by atoms with Crippen LogP contribution >= 0.6 is 15.9 Å². The van der Waals surface area contributed by atoms with Gasteiger partial charge in [0.2, 0.25) is 5.95 Å². The Balaban J connectivity index is 1.89. The molecule has 9 nitrogen and oxygen atoms in total. The quantitative estimate of drug-likeness (QED) is 0.346. The molecule has 0 spiro atoms. The highest BCUT2D eigenvalue weighted by molar-refractivity contribution is 9.10. The number of benzene rings is 2. The van der Waals surface area contributed by atoms with Crippen LogP contribution in [0.5, 0.6) is 5.75 Å². The Bertz CT molecular complexity index is 1230. The van der Waals surface area contributed by atoms with Gasteiger partial charge in [-0.2, -0.15) is 10.4 Å². The lowest BCUT2D eigenvalue weighted by Crippen LogP contribution is -2.23. The molecule has 0 bridgehead atoms. The molecule has 1 unspecified atom stereocenters. The SMILES string of the molecule is CC(Oc1ccc(Br)cc1C=NNc1nc(-c2ccccc2)c(C#N)c(=O)[nH]1)C(=O)O. The number of anilines is 1. The van der Waals surface area contributed by atoms with Crippen molar-refractivity contribution < 1.29 is 14.6 Å². The average molecular weight is 482 g/mol. The van der Waals surface area contributed by atoms with Gasteiger partial charge in [0.25, 0.3) is 5.56 Å². The van der Waals surface area contributed by atoms with Crippen molar-refractivity contribution in [3.8, 4) is 23.1 Å². The zero-order valence-electron chi connectivity index (χ0n) is 16.2. The van der Waals surface area contributed by atoms with Crippen molar-refractivity contribution in [1.82, 2.24) is 9.97 Å². The van der Waals surface area contributed by atoms with Gasteiger partial charge in [-0.1, -0.05) is 46.3 Å². The Morgan fingerprint density at radius 1 is 1.35 bits per heavy atom. The Hall–Kier alpha value is -3.97. The summed E-state index contributed by atoms with van der Waals surface area (Å²) >= 11 is 3.34. The van der Waals surface area contributed by atoms with Gasteiger partial charge in [-0.05, 0) is 25.1 Å². The highest BCUT2D eigenvalue weighted by Crippen LogP contribution is 2.23. The number of carboxylic acid groups (broad SMARTS) is 1. The maximum atomic E-state index is 12.3. The number of hydrogen-bond acceptors (Lipinski definition) is 7. The molecule has 2 aromatic carbocycles. The monoisotopic (exact) mass is 481 g/mol. The van der Waals surface area contributed by atoms with E-state index in [2.05, 4.69) is 36.4 Å². The highest BCUT2D eigenvalue weighted by Gasteiger charge is 2.15. The highest BCUT2D eigenvalue weighted by atomic mass is 79.9. The van der Waals surface area contributed by atoms with Crippen LogP contribution in [-0.4, -0.2) is 33.4 Å². The number of aromatic amines is 1. The largest absolute Gasteiger partial charge is 0.479 e. The van der Waals surface area contributed by atoms with Gasteiger partial charge in [-0.3, -0.25) is 9.78 Å². The van der Waals surface area contributed by atoms with Crippen molar-refractivity contribution in [2.45, 2.75) is 13.0 Å². The van der Waals surface area contributed by atoms with E-state index in [9.17, 15) is 14.9 Å². The first kappa shape index (κ1) is 21.7. The number of carboxylic acids is 1. The van der Waals surface area contributed by atoms with Crippen molar-refractivity contribution in [1.29, 1.82) is 5.26 Å². The Labute approximate surface area is 185 Å². The fourth-order valence-electron chi connectivity index (χ4n) is 2.57. The molecule has 0 radical (unpaired) electrons. The normalized spacial score (nSPS) is 11.6. The summed E-state index contributed by atoms with van der Waals surface area (Å²) < 4.78 is 6.18. The summed E-state index contributed by atoms with van der Waals surface area (Å²) in [6.45, 7) is 1.42. The fraction of sp³-hybridized carbons (Fsp3) is 0.0952. The molecule has 1 aromatic heterocycles. The van der Waals surface area contributed by atoms with E-state index >= 15 is 0 Å². The molecule has 0 saturated heterocycles. The number of aromatic nitrogens is 2.